The lowest BCUT2D eigenvalue weighted by atomic mass is 9.97. The maximum atomic E-state index is 12.9. The highest BCUT2D eigenvalue weighted by Gasteiger charge is 2.33. The average molecular weight is 273 g/mol. The van der Waals surface area contributed by atoms with Gasteiger partial charge in [0.05, 0.1) is 5.56 Å². The Kier molecular flexibility index (Phi) is 6.35. The second kappa shape index (κ2) is 7.53. The van der Waals surface area contributed by atoms with E-state index in [-0.39, 0.29) is 6.04 Å². The first-order chi connectivity index (χ1) is 8.99. The summed E-state index contributed by atoms with van der Waals surface area (Å²) in [7, 11) is 0. The van der Waals surface area contributed by atoms with E-state index in [0.29, 0.717) is 12.0 Å². The van der Waals surface area contributed by atoms with Crippen LogP contribution in [0, 0.1) is 0 Å². The van der Waals surface area contributed by atoms with Gasteiger partial charge in [-0.15, -0.1) is 0 Å². The van der Waals surface area contributed by atoms with Crippen LogP contribution in [0.5, 0.6) is 0 Å². The molecule has 0 aromatic heterocycles. The third-order valence-corrected chi connectivity index (χ3v) is 3.11. The molecular weight excluding hydrogens is 251 g/mol. The maximum absolute atomic E-state index is 12.9. The normalized spacial score (nSPS) is 13.5. The predicted molar refractivity (Wildman–Crippen MR) is 72.1 cm³/mol. The van der Waals surface area contributed by atoms with E-state index in [0.717, 1.165) is 31.9 Å². The lowest BCUT2D eigenvalue weighted by Gasteiger charge is -2.20. The molecule has 0 bridgehead atoms. The van der Waals surface area contributed by atoms with Gasteiger partial charge in [0.15, 0.2) is 0 Å². The molecule has 1 aromatic rings. The molecule has 1 aromatic carbocycles. The number of rotatable bonds is 7. The Balaban J connectivity index is 2.83. The molecule has 0 saturated heterocycles. The van der Waals surface area contributed by atoms with Crippen LogP contribution in [0.15, 0.2) is 24.3 Å². The Morgan fingerprint density at radius 2 is 1.79 bits per heavy atom. The van der Waals surface area contributed by atoms with Crippen molar-refractivity contribution in [1.82, 2.24) is 5.32 Å². The van der Waals surface area contributed by atoms with Crippen molar-refractivity contribution in [2.75, 3.05) is 6.54 Å². The largest absolute Gasteiger partial charge is 0.416 e. The van der Waals surface area contributed by atoms with E-state index in [9.17, 15) is 13.2 Å². The fourth-order valence-corrected chi connectivity index (χ4v) is 2.21. The van der Waals surface area contributed by atoms with E-state index < -0.39 is 11.7 Å². The SMILES string of the molecule is CCCNC(CCC)Cc1ccccc1C(F)(F)F. The number of hydrogen-bond donors (Lipinski definition) is 1. The third-order valence-electron chi connectivity index (χ3n) is 3.11. The van der Waals surface area contributed by atoms with E-state index in [1.165, 1.54) is 6.07 Å². The van der Waals surface area contributed by atoms with E-state index >= 15 is 0 Å². The quantitative estimate of drug-likeness (QED) is 0.775. The van der Waals surface area contributed by atoms with Gasteiger partial charge in [-0.1, -0.05) is 38.5 Å². The summed E-state index contributed by atoms with van der Waals surface area (Å²) in [6.07, 6.45) is -0.982. The molecule has 0 saturated carbocycles. The summed E-state index contributed by atoms with van der Waals surface area (Å²) in [5.74, 6) is 0. The molecule has 108 valence electrons. The van der Waals surface area contributed by atoms with Crippen molar-refractivity contribution in [2.24, 2.45) is 0 Å². The first-order valence-electron chi connectivity index (χ1n) is 6.87. The van der Waals surface area contributed by atoms with Gasteiger partial charge < -0.3 is 5.32 Å². The topological polar surface area (TPSA) is 12.0 Å². The van der Waals surface area contributed by atoms with Gasteiger partial charge in [0.2, 0.25) is 0 Å². The highest BCUT2D eigenvalue weighted by molar-refractivity contribution is 5.30. The molecule has 0 heterocycles. The number of alkyl halides is 3. The molecule has 0 aliphatic heterocycles. The summed E-state index contributed by atoms with van der Waals surface area (Å²) in [5, 5.41) is 3.33. The summed E-state index contributed by atoms with van der Waals surface area (Å²) >= 11 is 0. The van der Waals surface area contributed by atoms with E-state index in [2.05, 4.69) is 19.2 Å². The highest BCUT2D eigenvalue weighted by Crippen LogP contribution is 2.32. The lowest BCUT2D eigenvalue weighted by Crippen LogP contribution is -2.32. The van der Waals surface area contributed by atoms with Gasteiger partial charge in [-0.25, -0.2) is 0 Å². The summed E-state index contributed by atoms with van der Waals surface area (Å²) < 4.78 is 38.7. The lowest BCUT2D eigenvalue weighted by molar-refractivity contribution is -0.138. The van der Waals surface area contributed by atoms with Gasteiger partial charge in [0, 0.05) is 6.04 Å². The molecule has 0 aliphatic rings. The van der Waals surface area contributed by atoms with Crippen molar-refractivity contribution >= 4 is 0 Å². The number of hydrogen-bond acceptors (Lipinski definition) is 1. The number of halogens is 3. The van der Waals surface area contributed by atoms with Crippen LogP contribution in [-0.2, 0) is 12.6 Å². The van der Waals surface area contributed by atoms with Crippen LogP contribution < -0.4 is 5.32 Å². The molecule has 1 rings (SSSR count). The predicted octanol–water partition coefficient (Wildman–Crippen LogP) is 4.42. The molecule has 1 N–H and O–H groups in total. The zero-order valence-electron chi connectivity index (χ0n) is 11.6. The molecule has 4 heteroatoms. The minimum Gasteiger partial charge on any atom is -0.314 e. The Morgan fingerprint density at radius 1 is 1.11 bits per heavy atom. The van der Waals surface area contributed by atoms with Crippen LogP contribution in [-0.4, -0.2) is 12.6 Å². The standard InChI is InChI=1S/C15H22F3N/c1-3-7-13(19-10-4-2)11-12-8-5-6-9-14(12)15(16,17)18/h5-6,8-9,13,19H,3-4,7,10-11H2,1-2H3. The molecule has 0 amide bonds. The number of benzene rings is 1. The summed E-state index contributed by atoms with van der Waals surface area (Å²) in [4.78, 5) is 0. The Morgan fingerprint density at radius 3 is 2.37 bits per heavy atom. The fraction of sp³-hybridized carbons (Fsp3) is 0.600. The first kappa shape index (κ1) is 16.0. The van der Waals surface area contributed by atoms with Crippen LogP contribution in [0.4, 0.5) is 13.2 Å². The van der Waals surface area contributed by atoms with Crippen LogP contribution in [0.1, 0.15) is 44.2 Å². The second-order valence-corrected chi connectivity index (χ2v) is 4.80. The van der Waals surface area contributed by atoms with Crippen molar-refractivity contribution in [2.45, 2.75) is 51.7 Å². The van der Waals surface area contributed by atoms with Crippen LogP contribution >= 0.6 is 0 Å². The van der Waals surface area contributed by atoms with Crippen LogP contribution in [0.3, 0.4) is 0 Å². The van der Waals surface area contributed by atoms with Gasteiger partial charge in [-0.2, -0.15) is 13.2 Å². The fourth-order valence-electron chi connectivity index (χ4n) is 2.21. The molecule has 19 heavy (non-hydrogen) atoms. The minimum absolute atomic E-state index is 0.119. The molecule has 1 unspecified atom stereocenters. The van der Waals surface area contributed by atoms with Gasteiger partial charge >= 0.3 is 6.18 Å². The Hall–Kier alpha value is -1.03. The van der Waals surface area contributed by atoms with E-state index in [1.807, 2.05) is 0 Å². The molecule has 0 spiro atoms. The minimum atomic E-state index is -4.27. The van der Waals surface area contributed by atoms with Crippen LogP contribution in [0.25, 0.3) is 0 Å². The summed E-state index contributed by atoms with van der Waals surface area (Å²) in [5.41, 5.74) is -0.119. The van der Waals surface area contributed by atoms with Crippen molar-refractivity contribution in [3.63, 3.8) is 0 Å². The molecule has 0 aliphatic carbocycles. The summed E-state index contributed by atoms with van der Waals surface area (Å²) in [6.45, 7) is 4.95. The average Bonchev–Trinajstić information content (AvgIpc) is 2.35. The van der Waals surface area contributed by atoms with Gasteiger partial charge in [-0.05, 0) is 37.4 Å². The van der Waals surface area contributed by atoms with Crippen LogP contribution in [0.2, 0.25) is 0 Å². The van der Waals surface area contributed by atoms with E-state index in [1.54, 1.807) is 12.1 Å². The Bertz CT molecular complexity index is 374. The first-order valence-corrected chi connectivity index (χ1v) is 6.87. The van der Waals surface area contributed by atoms with Crippen molar-refractivity contribution in [3.8, 4) is 0 Å². The molecular formula is C15H22F3N. The monoisotopic (exact) mass is 273 g/mol. The molecule has 1 nitrogen and oxygen atoms in total. The van der Waals surface area contributed by atoms with Crippen molar-refractivity contribution in [3.05, 3.63) is 35.4 Å². The maximum Gasteiger partial charge on any atom is 0.416 e. The van der Waals surface area contributed by atoms with E-state index in [4.69, 9.17) is 0 Å². The van der Waals surface area contributed by atoms with Gasteiger partial charge in [0.25, 0.3) is 0 Å². The summed E-state index contributed by atoms with van der Waals surface area (Å²) in [6, 6.07) is 5.99. The molecule has 1 atom stereocenters. The number of nitrogens with one attached hydrogen (secondary N) is 1. The Labute approximate surface area is 113 Å². The molecule has 0 fully saturated rings. The third kappa shape index (κ3) is 5.23. The smallest absolute Gasteiger partial charge is 0.314 e. The van der Waals surface area contributed by atoms with Gasteiger partial charge in [0.1, 0.15) is 0 Å². The van der Waals surface area contributed by atoms with Crippen molar-refractivity contribution < 1.29 is 13.2 Å². The second-order valence-electron chi connectivity index (χ2n) is 4.80. The van der Waals surface area contributed by atoms with Crippen molar-refractivity contribution in [1.29, 1.82) is 0 Å². The zero-order valence-corrected chi connectivity index (χ0v) is 11.6. The molecule has 0 radical (unpaired) electrons. The highest BCUT2D eigenvalue weighted by atomic mass is 19.4. The zero-order chi connectivity index (χ0) is 14.3. The van der Waals surface area contributed by atoms with Gasteiger partial charge in [-0.3, -0.25) is 0 Å².